The summed E-state index contributed by atoms with van der Waals surface area (Å²) in [4.78, 5) is 18.2. The monoisotopic (exact) mass is 345 g/mol. The number of hydrogen-bond donors (Lipinski definition) is 1. The van der Waals surface area contributed by atoms with Crippen LogP contribution in [0.1, 0.15) is 30.0 Å². The molecule has 2 heterocycles. The SMILES string of the molecule is Cc1ccc(S(=O)(=O)NC(=O)N2CCCC2c2cccnc2)cc1. The average molecular weight is 345 g/mol. The number of aryl methyl sites for hydroxylation is 1. The molecule has 7 heteroatoms. The molecule has 3 rings (SSSR count). The van der Waals surface area contributed by atoms with Gasteiger partial charge in [0.05, 0.1) is 10.9 Å². The summed E-state index contributed by atoms with van der Waals surface area (Å²) in [5.41, 5.74) is 1.87. The smallest absolute Gasteiger partial charge is 0.317 e. The second-order valence-corrected chi connectivity index (χ2v) is 7.54. The Morgan fingerprint density at radius 2 is 2.00 bits per heavy atom. The fraction of sp³-hybridized carbons (Fsp3) is 0.294. The number of benzene rings is 1. The molecule has 1 saturated heterocycles. The highest BCUT2D eigenvalue weighted by atomic mass is 32.2. The molecular weight excluding hydrogens is 326 g/mol. The van der Waals surface area contributed by atoms with Crippen LogP contribution in [-0.2, 0) is 10.0 Å². The van der Waals surface area contributed by atoms with E-state index in [2.05, 4.69) is 9.71 Å². The van der Waals surface area contributed by atoms with Gasteiger partial charge in [-0.15, -0.1) is 0 Å². The summed E-state index contributed by atoms with van der Waals surface area (Å²) in [5.74, 6) is 0. The molecule has 0 saturated carbocycles. The van der Waals surface area contributed by atoms with Crippen LogP contribution in [0.5, 0.6) is 0 Å². The van der Waals surface area contributed by atoms with Crippen molar-refractivity contribution in [2.45, 2.75) is 30.7 Å². The van der Waals surface area contributed by atoms with Gasteiger partial charge in [-0.1, -0.05) is 23.8 Å². The van der Waals surface area contributed by atoms with E-state index in [1.165, 1.54) is 12.1 Å². The highest BCUT2D eigenvalue weighted by molar-refractivity contribution is 7.90. The zero-order chi connectivity index (χ0) is 17.2. The Balaban J connectivity index is 1.77. The summed E-state index contributed by atoms with van der Waals surface area (Å²) in [6.45, 7) is 2.40. The largest absolute Gasteiger partial charge is 0.331 e. The molecule has 1 N–H and O–H groups in total. The quantitative estimate of drug-likeness (QED) is 0.927. The van der Waals surface area contributed by atoms with Crippen LogP contribution < -0.4 is 4.72 Å². The molecular formula is C17H19N3O3S. The van der Waals surface area contributed by atoms with Crippen molar-refractivity contribution >= 4 is 16.1 Å². The average Bonchev–Trinajstić information content (AvgIpc) is 3.05. The number of rotatable bonds is 3. The molecule has 2 aromatic rings. The molecule has 1 aromatic carbocycles. The van der Waals surface area contributed by atoms with Crippen molar-refractivity contribution in [1.29, 1.82) is 0 Å². The van der Waals surface area contributed by atoms with Crippen molar-refractivity contribution in [3.8, 4) is 0 Å². The van der Waals surface area contributed by atoms with Gasteiger partial charge in [-0.25, -0.2) is 17.9 Å². The van der Waals surface area contributed by atoms with E-state index in [1.807, 2.05) is 19.1 Å². The van der Waals surface area contributed by atoms with E-state index >= 15 is 0 Å². The first-order chi connectivity index (χ1) is 11.5. The van der Waals surface area contributed by atoms with Crippen molar-refractivity contribution in [3.05, 3.63) is 59.9 Å². The molecule has 1 unspecified atom stereocenters. The third-order valence-corrected chi connectivity index (χ3v) is 5.47. The molecule has 1 aromatic heterocycles. The van der Waals surface area contributed by atoms with Gasteiger partial charge in [0, 0.05) is 18.9 Å². The van der Waals surface area contributed by atoms with E-state index in [0.29, 0.717) is 6.54 Å². The molecule has 24 heavy (non-hydrogen) atoms. The van der Waals surface area contributed by atoms with Gasteiger partial charge >= 0.3 is 6.03 Å². The molecule has 1 aliphatic rings. The van der Waals surface area contributed by atoms with E-state index < -0.39 is 16.1 Å². The van der Waals surface area contributed by atoms with E-state index in [-0.39, 0.29) is 10.9 Å². The molecule has 0 radical (unpaired) electrons. The highest BCUT2D eigenvalue weighted by Gasteiger charge is 2.32. The number of urea groups is 1. The Kier molecular flexibility index (Phi) is 4.53. The molecule has 1 aliphatic heterocycles. The van der Waals surface area contributed by atoms with Crippen LogP contribution in [0.15, 0.2) is 53.7 Å². The Hall–Kier alpha value is -2.41. The van der Waals surface area contributed by atoms with Crippen LogP contribution >= 0.6 is 0 Å². The number of hydrogen-bond acceptors (Lipinski definition) is 4. The highest BCUT2D eigenvalue weighted by Crippen LogP contribution is 2.31. The van der Waals surface area contributed by atoms with Gasteiger partial charge in [0.25, 0.3) is 10.0 Å². The van der Waals surface area contributed by atoms with Crippen LogP contribution in [0.3, 0.4) is 0 Å². The van der Waals surface area contributed by atoms with Crippen molar-refractivity contribution in [1.82, 2.24) is 14.6 Å². The van der Waals surface area contributed by atoms with Gasteiger partial charge in [-0.2, -0.15) is 0 Å². The minimum absolute atomic E-state index is 0.0820. The first kappa shape index (κ1) is 16.4. The summed E-state index contributed by atoms with van der Waals surface area (Å²) >= 11 is 0. The third kappa shape index (κ3) is 3.41. The maximum absolute atomic E-state index is 12.5. The molecule has 0 spiro atoms. The number of carbonyl (C=O) groups excluding carboxylic acids is 1. The molecule has 2 amide bonds. The van der Waals surface area contributed by atoms with Gasteiger partial charge in [0.15, 0.2) is 0 Å². The molecule has 0 aliphatic carbocycles. The van der Waals surface area contributed by atoms with Crippen LogP contribution in [-0.4, -0.2) is 30.9 Å². The van der Waals surface area contributed by atoms with Gasteiger partial charge in [0.2, 0.25) is 0 Å². The summed E-state index contributed by atoms with van der Waals surface area (Å²) in [5, 5.41) is 0. The summed E-state index contributed by atoms with van der Waals surface area (Å²) in [7, 11) is -3.88. The number of amides is 2. The predicted octanol–water partition coefficient (Wildman–Crippen LogP) is 2.63. The van der Waals surface area contributed by atoms with Gasteiger partial charge in [0.1, 0.15) is 0 Å². The van der Waals surface area contributed by atoms with Crippen LogP contribution in [0.25, 0.3) is 0 Å². The number of aromatic nitrogens is 1. The molecule has 1 fully saturated rings. The van der Waals surface area contributed by atoms with Gasteiger partial charge in [-0.3, -0.25) is 4.98 Å². The van der Waals surface area contributed by atoms with E-state index in [9.17, 15) is 13.2 Å². The van der Waals surface area contributed by atoms with Gasteiger partial charge in [-0.05, 0) is 43.5 Å². The first-order valence-corrected chi connectivity index (χ1v) is 9.26. The van der Waals surface area contributed by atoms with E-state index in [1.54, 1.807) is 29.4 Å². The van der Waals surface area contributed by atoms with Crippen LogP contribution in [0.4, 0.5) is 4.79 Å². The van der Waals surface area contributed by atoms with Crippen LogP contribution in [0, 0.1) is 6.92 Å². The lowest BCUT2D eigenvalue weighted by Gasteiger charge is -2.25. The Morgan fingerprint density at radius 1 is 1.25 bits per heavy atom. The lowest BCUT2D eigenvalue weighted by molar-refractivity contribution is 0.199. The van der Waals surface area contributed by atoms with E-state index in [0.717, 1.165) is 24.0 Å². The van der Waals surface area contributed by atoms with Crippen molar-refractivity contribution in [2.24, 2.45) is 0 Å². The fourth-order valence-corrected chi connectivity index (χ4v) is 3.84. The summed E-state index contributed by atoms with van der Waals surface area (Å²) < 4.78 is 26.9. The topological polar surface area (TPSA) is 79.4 Å². The molecule has 126 valence electrons. The number of carbonyl (C=O) groups is 1. The van der Waals surface area contributed by atoms with Crippen molar-refractivity contribution in [2.75, 3.05) is 6.54 Å². The normalized spacial score (nSPS) is 17.7. The lowest BCUT2D eigenvalue weighted by Crippen LogP contribution is -2.42. The number of nitrogens with zero attached hydrogens (tertiary/aromatic N) is 2. The number of likely N-dealkylation sites (tertiary alicyclic amines) is 1. The second-order valence-electron chi connectivity index (χ2n) is 5.86. The molecule has 0 bridgehead atoms. The maximum atomic E-state index is 12.5. The fourth-order valence-electron chi connectivity index (χ4n) is 2.88. The second kappa shape index (κ2) is 6.60. The lowest BCUT2D eigenvalue weighted by atomic mass is 10.1. The Labute approximate surface area is 141 Å². The number of nitrogens with one attached hydrogen (secondary N) is 1. The molecule has 6 nitrogen and oxygen atoms in total. The van der Waals surface area contributed by atoms with E-state index in [4.69, 9.17) is 0 Å². The third-order valence-electron chi connectivity index (χ3n) is 4.14. The van der Waals surface area contributed by atoms with Crippen molar-refractivity contribution < 1.29 is 13.2 Å². The van der Waals surface area contributed by atoms with Gasteiger partial charge < -0.3 is 4.90 Å². The zero-order valence-corrected chi connectivity index (χ0v) is 14.2. The van der Waals surface area contributed by atoms with Crippen molar-refractivity contribution in [3.63, 3.8) is 0 Å². The summed E-state index contributed by atoms with van der Waals surface area (Å²) in [6, 6.07) is 9.36. The standard InChI is InChI=1S/C17H19N3O3S/c1-13-6-8-15(9-7-13)24(22,23)19-17(21)20-11-3-5-16(20)14-4-2-10-18-12-14/h2,4,6-10,12,16H,3,5,11H2,1H3,(H,19,21). The first-order valence-electron chi connectivity index (χ1n) is 7.77. The minimum atomic E-state index is -3.88. The zero-order valence-electron chi connectivity index (χ0n) is 13.3. The summed E-state index contributed by atoms with van der Waals surface area (Å²) in [6.07, 6.45) is 5.01. The number of pyridine rings is 1. The maximum Gasteiger partial charge on any atom is 0.331 e. The Bertz CT molecular complexity index is 820. The van der Waals surface area contributed by atoms with Crippen LogP contribution in [0.2, 0.25) is 0 Å². The predicted molar refractivity (Wildman–Crippen MR) is 89.8 cm³/mol. The minimum Gasteiger partial charge on any atom is -0.317 e. The number of sulfonamides is 1. The Morgan fingerprint density at radius 3 is 2.67 bits per heavy atom. The molecule has 1 atom stereocenters.